The van der Waals surface area contributed by atoms with Crippen LogP contribution >= 0.6 is 46.0 Å². The lowest BCUT2D eigenvalue weighted by Gasteiger charge is -2.15. The Labute approximate surface area is 230 Å². The lowest BCUT2D eigenvalue weighted by molar-refractivity contribution is -0.118. The van der Waals surface area contributed by atoms with Crippen molar-refractivity contribution in [2.24, 2.45) is 0 Å². The molecule has 0 atom stereocenters. The van der Waals surface area contributed by atoms with Crippen molar-refractivity contribution in [3.8, 4) is 11.5 Å². The number of thioether (sulfide) groups is 1. The Kier molecular flexibility index (Phi) is 8.55. The van der Waals surface area contributed by atoms with Crippen LogP contribution in [0.1, 0.15) is 12.5 Å². The summed E-state index contributed by atoms with van der Waals surface area (Å²) >= 11 is 8.96. The van der Waals surface area contributed by atoms with Gasteiger partial charge in [-0.05, 0) is 95.4 Å². The summed E-state index contributed by atoms with van der Waals surface area (Å²) in [5, 5.41) is 2.80. The molecule has 36 heavy (non-hydrogen) atoms. The van der Waals surface area contributed by atoms with Gasteiger partial charge < -0.3 is 14.8 Å². The normalized spacial score (nSPS) is 14.3. The number of anilines is 2. The molecule has 0 unspecified atom stereocenters. The lowest BCUT2D eigenvalue weighted by atomic mass is 10.1. The Balaban J connectivity index is 1.53. The Bertz CT molecular complexity index is 1350. The maximum absolute atomic E-state index is 13.0. The molecule has 0 bridgehead atoms. The second-order valence-electron chi connectivity index (χ2n) is 7.46. The molecule has 0 saturated carbocycles. The first-order chi connectivity index (χ1) is 17.4. The molecule has 3 aromatic carbocycles. The maximum atomic E-state index is 13.0. The molecular weight excluding hydrogens is 615 g/mol. The number of hydrogen-bond acceptors (Lipinski definition) is 6. The van der Waals surface area contributed by atoms with E-state index in [1.54, 1.807) is 54.6 Å². The summed E-state index contributed by atoms with van der Waals surface area (Å²) in [5.74, 6) is 0.110. The number of halogens is 2. The predicted octanol–water partition coefficient (Wildman–Crippen LogP) is 6.60. The number of nitrogens with one attached hydrogen (secondary N) is 1. The summed E-state index contributed by atoms with van der Waals surface area (Å²) in [7, 11) is 0. The molecule has 1 fully saturated rings. The summed E-state index contributed by atoms with van der Waals surface area (Å²) < 4.78 is 12.2. The van der Waals surface area contributed by atoms with Gasteiger partial charge in [-0.3, -0.25) is 14.4 Å². The van der Waals surface area contributed by atoms with Gasteiger partial charge in [0.25, 0.3) is 17.1 Å². The molecule has 3 amide bonds. The van der Waals surface area contributed by atoms with Gasteiger partial charge in [0.15, 0.2) is 18.1 Å². The molecule has 7 nitrogen and oxygen atoms in total. The molecule has 1 aliphatic heterocycles. The molecule has 0 spiro atoms. The Morgan fingerprint density at radius 1 is 1.08 bits per heavy atom. The number of rotatable bonds is 8. The van der Waals surface area contributed by atoms with E-state index >= 15 is 0 Å². The number of nitrogens with zero attached hydrogens (tertiary/aromatic N) is 1. The molecular formula is C26H20ClIN2O5S. The zero-order valence-electron chi connectivity index (χ0n) is 19.0. The van der Waals surface area contributed by atoms with Crippen molar-refractivity contribution in [2.75, 3.05) is 23.4 Å². The lowest BCUT2D eigenvalue weighted by Crippen LogP contribution is -2.27. The van der Waals surface area contributed by atoms with Gasteiger partial charge in [0.1, 0.15) is 0 Å². The van der Waals surface area contributed by atoms with Gasteiger partial charge in [0.05, 0.1) is 20.8 Å². The molecule has 1 N–H and O–H groups in total. The molecule has 10 heteroatoms. The fourth-order valence-electron chi connectivity index (χ4n) is 3.39. The quantitative estimate of drug-likeness (QED) is 0.222. The molecule has 4 rings (SSSR count). The van der Waals surface area contributed by atoms with Crippen LogP contribution in [-0.4, -0.2) is 30.3 Å². The average molecular weight is 635 g/mol. The smallest absolute Gasteiger partial charge is 0.298 e. The SMILES string of the molecule is CCOc1cc(/C=C2/SC(=O)N(c3cccc(Cl)c3)C2=O)cc(I)c1OCC(=O)Nc1ccccc1. The molecule has 0 aliphatic carbocycles. The number of para-hydroxylation sites is 1. The van der Waals surface area contributed by atoms with E-state index in [1.807, 2.05) is 25.1 Å². The van der Waals surface area contributed by atoms with Crippen molar-refractivity contribution < 1.29 is 23.9 Å². The Morgan fingerprint density at radius 3 is 2.58 bits per heavy atom. The monoisotopic (exact) mass is 634 g/mol. The molecule has 1 aliphatic rings. The van der Waals surface area contributed by atoms with Crippen molar-refractivity contribution in [1.82, 2.24) is 0 Å². The minimum Gasteiger partial charge on any atom is -0.490 e. The number of carbonyl (C=O) groups is 3. The van der Waals surface area contributed by atoms with Gasteiger partial charge in [-0.15, -0.1) is 0 Å². The number of imide groups is 1. The van der Waals surface area contributed by atoms with Crippen molar-refractivity contribution in [2.45, 2.75) is 6.92 Å². The number of carbonyl (C=O) groups excluding carboxylic acids is 3. The van der Waals surface area contributed by atoms with Gasteiger partial charge in [0.2, 0.25) is 0 Å². The predicted molar refractivity (Wildman–Crippen MR) is 151 cm³/mol. The zero-order chi connectivity index (χ0) is 25.7. The van der Waals surface area contributed by atoms with Crippen LogP contribution in [0, 0.1) is 3.57 Å². The molecule has 1 saturated heterocycles. The third-order valence-electron chi connectivity index (χ3n) is 4.89. The van der Waals surface area contributed by atoms with Crippen molar-refractivity contribution in [1.29, 1.82) is 0 Å². The van der Waals surface area contributed by atoms with Gasteiger partial charge in [-0.1, -0.05) is 35.9 Å². The van der Waals surface area contributed by atoms with E-state index in [1.165, 1.54) is 0 Å². The first kappa shape index (κ1) is 26.1. The van der Waals surface area contributed by atoms with Gasteiger partial charge in [-0.25, -0.2) is 4.90 Å². The zero-order valence-corrected chi connectivity index (χ0v) is 22.7. The van der Waals surface area contributed by atoms with Crippen LogP contribution in [0.2, 0.25) is 5.02 Å². The summed E-state index contributed by atoms with van der Waals surface area (Å²) in [6, 6.07) is 19.2. The van der Waals surface area contributed by atoms with E-state index in [9.17, 15) is 14.4 Å². The topological polar surface area (TPSA) is 84.9 Å². The van der Waals surface area contributed by atoms with Crippen molar-refractivity contribution in [3.05, 3.63) is 85.8 Å². The van der Waals surface area contributed by atoms with E-state index in [-0.39, 0.29) is 17.4 Å². The van der Waals surface area contributed by atoms with Crippen LogP contribution in [0.25, 0.3) is 6.08 Å². The standard InChI is InChI=1S/C26H20ClIN2O5S/c1-2-34-21-12-16(11-20(28)24(21)35-15-23(31)29-18-8-4-3-5-9-18)13-22-25(32)30(26(33)36-22)19-10-6-7-17(27)14-19/h3-14H,2,15H2,1H3,(H,29,31)/b22-13+. The number of hydrogen-bond donors (Lipinski definition) is 1. The van der Waals surface area contributed by atoms with Crippen LogP contribution in [0.15, 0.2) is 71.6 Å². The highest BCUT2D eigenvalue weighted by Crippen LogP contribution is 2.39. The first-order valence-corrected chi connectivity index (χ1v) is 13.1. The second-order valence-corrected chi connectivity index (χ2v) is 10.1. The molecule has 184 valence electrons. The highest BCUT2D eigenvalue weighted by Gasteiger charge is 2.36. The van der Waals surface area contributed by atoms with Crippen LogP contribution in [0.3, 0.4) is 0 Å². The largest absolute Gasteiger partial charge is 0.490 e. The van der Waals surface area contributed by atoms with E-state index in [2.05, 4.69) is 27.9 Å². The minimum atomic E-state index is -0.432. The van der Waals surface area contributed by atoms with Gasteiger partial charge in [0, 0.05) is 10.7 Å². The van der Waals surface area contributed by atoms with Gasteiger partial charge >= 0.3 is 0 Å². The Hall–Kier alpha value is -3.02. The van der Waals surface area contributed by atoms with E-state index < -0.39 is 11.1 Å². The maximum Gasteiger partial charge on any atom is 0.298 e. The fourth-order valence-corrected chi connectivity index (χ4v) is 5.19. The first-order valence-electron chi connectivity index (χ1n) is 10.8. The number of amides is 3. The highest BCUT2D eigenvalue weighted by molar-refractivity contribution is 14.1. The molecule has 0 radical (unpaired) electrons. The minimum absolute atomic E-state index is 0.206. The van der Waals surface area contributed by atoms with Crippen molar-refractivity contribution in [3.63, 3.8) is 0 Å². The molecule has 1 heterocycles. The van der Waals surface area contributed by atoms with Crippen LogP contribution < -0.4 is 19.7 Å². The second kappa shape index (κ2) is 11.8. The third-order valence-corrected chi connectivity index (χ3v) is 6.80. The van der Waals surface area contributed by atoms with Gasteiger partial charge in [-0.2, -0.15) is 0 Å². The summed E-state index contributed by atoms with van der Waals surface area (Å²) in [5.41, 5.74) is 1.74. The fraction of sp³-hybridized carbons (Fsp3) is 0.115. The molecule has 3 aromatic rings. The summed E-state index contributed by atoms with van der Waals surface area (Å²) in [6.45, 7) is 2.00. The van der Waals surface area contributed by atoms with E-state index in [4.69, 9.17) is 21.1 Å². The summed E-state index contributed by atoms with van der Waals surface area (Å²) in [4.78, 5) is 39.3. The molecule has 0 aromatic heterocycles. The number of ether oxygens (including phenoxy) is 2. The Morgan fingerprint density at radius 2 is 1.86 bits per heavy atom. The van der Waals surface area contributed by atoms with Crippen LogP contribution in [0.5, 0.6) is 11.5 Å². The van der Waals surface area contributed by atoms with E-state index in [0.29, 0.717) is 43.6 Å². The van der Waals surface area contributed by atoms with E-state index in [0.717, 1.165) is 16.7 Å². The van der Waals surface area contributed by atoms with Crippen LogP contribution in [0.4, 0.5) is 16.2 Å². The third kappa shape index (κ3) is 6.21. The van der Waals surface area contributed by atoms with Crippen molar-refractivity contribution >= 4 is 80.5 Å². The summed E-state index contributed by atoms with van der Waals surface area (Å²) in [6.07, 6.45) is 1.63. The average Bonchev–Trinajstić information content (AvgIpc) is 3.11. The van der Waals surface area contributed by atoms with Crippen LogP contribution in [-0.2, 0) is 9.59 Å². The number of benzene rings is 3. The highest BCUT2D eigenvalue weighted by atomic mass is 127.